The molecule has 9 heteroatoms. The van der Waals surface area contributed by atoms with Crippen LogP contribution in [0.4, 0.5) is 10.5 Å². The first-order chi connectivity index (χ1) is 14.9. The van der Waals surface area contributed by atoms with Crippen LogP contribution in [0, 0.1) is 17.2 Å². The van der Waals surface area contributed by atoms with Gasteiger partial charge in [-0.1, -0.05) is 38.1 Å². The Morgan fingerprint density at radius 2 is 2.06 bits per heavy atom. The standard InChI is InChI=1S/C22H22N6O2S/c1-12(2)9-25-21(31)26-11-13-7-17(26)19-20(29)28(22(30)27(13)19)18-10-24-16(8-23)14-5-3-4-6-15(14)18/h3-6,10,12-13,17,19H,7,9,11H2,1-2H3,(H,25,31). The van der Waals surface area contributed by atoms with Crippen molar-refractivity contribution in [3.8, 4) is 6.07 Å². The number of benzene rings is 1. The normalized spacial score (nSPS) is 24.3. The van der Waals surface area contributed by atoms with Gasteiger partial charge in [0.1, 0.15) is 17.8 Å². The van der Waals surface area contributed by atoms with Crippen molar-refractivity contribution in [2.24, 2.45) is 5.92 Å². The molecule has 4 heterocycles. The van der Waals surface area contributed by atoms with Crippen LogP contribution < -0.4 is 10.2 Å². The van der Waals surface area contributed by atoms with Crippen molar-refractivity contribution in [2.45, 2.75) is 38.4 Å². The van der Waals surface area contributed by atoms with E-state index in [-0.39, 0.29) is 29.7 Å². The zero-order valence-electron chi connectivity index (χ0n) is 17.3. The Balaban J connectivity index is 1.48. The van der Waals surface area contributed by atoms with Crippen LogP contribution in [-0.4, -0.2) is 63.0 Å². The second kappa shape index (κ2) is 7.17. The number of rotatable bonds is 3. The minimum atomic E-state index is -0.556. The van der Waals surface area contributed by atoms with Gasteiger partial charge in [0.05, 0.1) is 24.0 Å². The summed E-state index contributed by atoms with van der Waals surface area (Å²) >= 11 is 5.58. The molecule has 3 unspecified atom stereocenters. The lowest BCUT2D eigenvalue weighted by Gasteiger charge is -2.36. The van der Waals surface area contributed by atoms with E-state index in [1.54, 1.807) is 11.0 Å². The lowest BCUT2D eigenvalue weighted by molar-refractivity contribution is -0.120. The summed E-state index contributed by atoms with van der Waals surface area (Å²) in [5, 5.41) is 14.6. The Morgan fingerprint density at radius 1 is 1.32 bits per heavy atom. The maximum absolute atomic E-state index is 13.5. The van der Waals surface area contributed by atoms with Crippen LogP contribution in [0.25, 0.3) is 10.8 Å². The Morgan fingerprint density at radius 3 is 2.77 bits per heavy atom. The van der Waals surface area contributed by atoms with Crippen LogP contribution >= 0.6 is 12.2 Å². The lowest BCUT2D eigenvalue weighted by atomic mass is 10.1. The lowest BCUT2D eigenvalue weighted by Crippen LogP contribution is -2.57. The van der Waals surface area contributed by atoms with Crippen molar-refractivity contribution in [3.05, 3.63) is 36.2 Å². The van der Waals surface area contributed by atoms with E-state index >= 15 is 0 Å². The second-order valence-corrected chi connectivity index (χ2v) is 9.03. The fraction of sp³-hybridized carbons (Fsp3) is 0.409. The predicted molar refractivity (Wildman–Crippen MR) is 119 cm³/mol. The summed E-state index contributed by atoms with van der Waals surface area (Å²) in [5.74, 6) is 0.196. The maximum atomic E-state index is 13.5. The molecule has 0 aliphatic carbocycles. The number of hydrogen-bond acceptors (Lipinski definition) is 5. The number of urea groups is 1. The van der Waals surface area contributed by atoms with E-state index in [2.05, 4.69) is 35.1 Å². The van der Waals surface area contributed by atoms with Crippen molar-refractivity contribution in [2.75, 3.05) is 18.0 Å². The van der Waals surface area contributed by atoms with Crippen LogP contribution in [0.2, 0.25) is 0 Å². The van der Waals surface area contributed by atoms with Crippen molar-refractivity contribution in [1.82, 2.24) is 20.1 Å². The molecule has 0 radical (unpaired) electrons. The van der Waals surface area contributed by atoms with E-state index in [4.69, 9.17) is 12.2 Å². The van der Waals surface area contributed by atoms with Gasteiger partial charge in [0, 0.05) is 23.9 Å². The summed E-state index contributed by atoms with van der Waals surface area (Å²) in [6.07, 6.45) is 2.19. The molecule has 1 aromatic carbocycles. The highest BCUT2D eigenvalue weighted by molar-refractivity contribution is 7.80. The van der Waals surface area contributed by atoms with E-state index < -0.39 is 6.04 Å². The number of piperazine rings is 1. The molecule has 8 nitrogen and oxygen atoms in total. The average Bonchev–Trinajstić information content (AvgIpc) is 3.43. The van der Waals surface area contributed by atoms with Crippen LogP contribution in [0.15, 0.2) is 30.5 Å². The molecule has 3 amide bonds. The number of likely N-dealkylation sites (tertiary alicyclic amines) is 1. The fourth-order valence-corrected chi connectivity index (χ4v) is 5.24. The average molecular weight is 435 g/mol. The number of fused-ring (bicyclic) bond motifs is 6. The minimum absolute atomic E-state index is 0.0483. The summed E-state index contributed by atoms with van der Waals surface area (Å²) < 4.78 is 0. The molecule has 158 valence electrons. The summed E-state index contributed by atoms with van der Waals surface area (Å²) in [6, 6.07) is 8.24. The predicted octanol–water partition coefficient (Wildman–Crippen LogP) is 2.23. The monoisotopic (exact) mass is 434 g/mol. The van der Waals surface area contributed by atoms with E-state index in [9.17, 15) is 14.9 Å². The molecule has 1 N–H and O–H groups in total. The first kappa shape index (κ1) is 19.7. The topological polar surface area (TPSA) is 92.6 Å². The van der Waals surface area contributed by atoms with Crippen LogP contribution in [-0.2, 0) is 4.79 Å². The van der Waals surface area contributed by atoms with Gasteiger partial charge in [-0.15, -0.1) is 0 Å². The van der Waals surface area contributed by atoms with Gasteiger partial charge >= 0.3 is 6.03 Å². The Bertz CT molecular complexity index is 1160. The first-order valence-electron chi connectivity index (χ1n) is 10.4. The molecule has 3 saturated heterocycles. The molecule has 3 fully saturated rings. The maximum Gasteiger partial charge on any atom is 0.332 e. The number of nitrogens with zero attached hydrogens (tertiary/aromatic N) is 5. The first-order valence-corrected chi connectivity index (χ1v) is 10.8. The molecule has 3 aliphatic heterocycles. The third-order valence-electron chi connectivity index (χ3n) is 6.31. The van der Waals surface area contributed by atoms with Crippen LogP contribution in [0.5, 0.6) is 0 Å². The number of thiocarbonyl (C=S) groups is 1. The van der Waals surface area contributed by atoms with Gasteiger partial charge in [-0.05, 0) is 24.6 Å². The second-order valence-electron chi connectivity index (χ2n) is 8.65. The number of carbonyl (C=O) groups excluding carboxylic acids is 2. The third-order valence-corrected chi connectivity index (χ3v) is 6.69. The molecule has 2 aromatic rings. The highest BCUT2D eigenvalue weighted by Crippen LogP contribution is 2.43. The quantitative estimate of drug-likeness (QED) is 0.585. The van der Waals surface area contributed by atoms with Gasteiger partial charge < -0.3 is 15.1 Å². The number of carbonyl (C=O) groups is 2. The molecular weight excluding hydrogens is 412 g/mol. The number of pyridine rings is 1. The van der Waals surface area contributed by atoms with Gasteiger partial charge in [-0.3, -0.25) is 4.79 Å². The van der Waals surface area contributed by atoms with Gasteiger partial charge in [0.25, 0.3) is 5.91 Å². The molecule has 31 heavy (non-hydrogen) atoms. The van der Waals surface area contributed by atoms with Crippen LogP contribution in [0.3, 0.4) is 0 Å². The molecule has 3 aliphatic rings. The molecule has 1 aromatic heterocycles. The van der Waals surface area contributed by atoms with E-state index in [0.29, 0.717) is 34.0 Å². The summed E-state index contributed by atoms with van der Waals surface area (Å²) in [6.45, 7) is 5.62. The fourth-order valence-electron chi connectivity index (χ4n) is 4.95. The van der Waals surface area contributed by atoms with Gasteiger partial charge in [0.15, 0.2) is 5.11 Å². The number of hydrogen-bond donors (Lipinski definition) is 1. The highest BCUT2D eigenvalue weighted by Gasteiger charge is 2.62. The smallest absolute Gasteiger partial charge is 0.332 e. The van der Waals surface area contributed by atoms with Crippen LogP contribution in [0.1, 0.15) is 26.0 Å². The van der Waals surface area contributed by atoms with Gasteiger partial charge in [-0.2, -0.15) is 5.26 Å². The number of nitrogens with one attached hydrogen (secondary N) is 1. The number of nitriles is 1. The van der Waals surface area contributed by atoms with Crippen molar-refractivity contribution >= 4 is 45.7 Å². The van der Waals surface area contributed by atoms with Crippen molar-refractivity contribution < 1.29 is 9.59 Å². The van der Waals surface area contributed by atoms with Crippen molar-refractivity contribution in [3.63, 3.8) is 0 Å². The zero-order valence-corrected chi connectivity index (χ0v) is 18.1. The van der Waals surface area contributed by atoms with Gasteiger partial charge in [0.2, 0.25) is 0 Å². The number of anilines is 1. The summed E-state index contributed by atoms with van der Waals surface area (Å²) in [7, 11) is 0. The summed E-state index contributed by atoms with van der Waals surface area (Å²) in [4.78, 5) is 36.1. The molecule has 0 spiro atoms. The Hall–Kier alpha value is -3.25. The minimum Gasteiger partial charge on any atom is -0.362 e. The number of amides is 3. The number of aromatic nitrogens is 1. The van der Waals surface area contributed by atoms with E-state index in [1.807, 2.05) is 18.2 Å². The van der Waals surface area contributed by atoms with E-state index in [0.717, 1.165) is 13.0 Å². The molecule has 5 rings (SSSR count). The molecule has 0 saturated carbocycles. The van der Waals surface area contributed by atoms with Gasteiger partial charge in [-0.25, -0.2) is 14.7 Å². The van der Waals surface area contributed by atoms with E-state index in [1.165, 1.54) is 11.1 Å². The number of imide groups is 1. The molecular formula is C22H22N6O2S. The summed E-state index contributed by atoms with van der Waals surface area (Å²) in [5.41, 5.74) is 0.692. The SMILES string of the molecule is CC(C)CNC(=S)N1CC2CC1C1C(=O)N(c3cnc(C#N)c4ccccc34)C(=O)N21. The Labute approximate surface area is 185 Å². The third kappa shape index (κ3) is 2.86. The zero-order chi connectivity index (χ0) is 21.9. The van der Waals surface area contributed by atoms with Crippen molar-refractivity contribution in [1.29, 1.82) is 5.26 Å². The molecule has 3 atom stereocenters. The largest absolute Gasteiger partial charge is 0.362 e. The molecule has 2 bridgehead atoms. The highest BCUT2D eigenvalue weighted by atomic mass is 32.1. The Kier molecular flexibility index (Phi) is 4.55.